The lowest BCUT2D eigenvalue weighted by Crippen LogP contribution is -2.25. The topological polar surface area (TPSA) is 93.3 Å². The van der Waals surface area contributed by atoms with Gasteiger partial charge in [-0.1, -0.05) is 12.1 Å². The molecule has 0 unspecified atom stereocenters. The van der Waals surface area contributed by atoms with Crippen molar-refractivity contribution in [3.63, 3.8) is 0 Å². The number of rotatable bonds is 3. The normalized spacial score (nSPS) is 14.4. The Morgan fingerprint density at radius 2 is 1.81 bits per heavy atom. The van der Waals surface area contributed by atoms with Crippen LogP contribution in [0.4, 0.5) is 14.7 Å². The van der Waals surface area contributed by atoms with E-state index in [1.54, 1.807) is 18.2 Å². The van der Waals surface area contributed by atoms with E-state index < -0.39 is 12.2 Å². The van der Waals surface area contributed by atoms with Crippen LogP contribution in [0.15, 0.2) is 36.4 Å². The summed E-state index contributed by atoms with van der Waals surface area (Å²) in [6.07, 6.45) is -3.71. The van der Waals surface area contributed by atoms with Crippen LogP contribution in [-0.2, 0) is 0 Å². The van der Waals surface area contributed by atoms with Crippen molar-refractivity contribution in [1.82, 2.24) is 9.97 Å². The lowest BCUT2D eigenvalue weighted by Gasteiger charge is -2.04. The molecular formula is C17H11F2N3O4. The fourth-order valence-corrected chi connectivity index (χ4v) is 2.57. The minimum absolute atomic E-state index is 0.119. The van der Waals surface area contributed by atoms with Crippen LogP contribution in [0.5, 0.6) is 11.5 Å². The van der Waals surface area contributed by atoms with Gasteiger partial charge in [0.05, 0.1) is 11.0 Å². The number of imidazole rings is 1. The van der Waals surface area contributed by atoms with E-state index in [0.717, 1.165) is 0 Å². The van der Waals surface area contributed by atoms with Crippen molar-refractivity contribution in [1.29, 1.82) is 0 Å². The number of benzene rings is 2. The SMILES string of the molecule is CC(=O)c1cccc(C(=O)Nc2nc3cc4c(cc3[nH]2)OC(F)(F)O4)c1. The summed E-state index contributed by atoms with van der Waals surface area (Å²) in [4.78, 5) is 30.7. The van der Waals surface area contributed by atoms with Gasteiger partial charge in [-0.3, -0.25) is 14.9 Å². The number of anilines is 1. The van der Waals surface area contributed by atoms with Crippen molar-refractivity contribution in [2.24, 2.45) is 0 Å². The number of amides is 1. The van der Waals surface area contributed by atoms with Gasteiger partial charge in [0.1, 0.15) is 0 Å². The molecule has 4 rings (SSSR count). The third-order valence-electron chi connectivity index (χ3n) is 3.77. The summed E-state index contributed by atoms with van der Waals surface area (Å²) in [5, 5.41) is 2.56. The molecule has 7 nitrogen and oxygen atoms in total. The molecule has 0 fully saturated rings. The molecule has 1 amide bonds. The van der Waals surface area contributed by atoms with E-state index in [0.29, 0.717) is 16.6 Å². The maximum absolute atomic E-state index is 13.1. The second kappa shape index (κ2) is 5.51. The molecule has 1 aliphatic heterocycles. The molecule has 0 saturated heterocycles. The lowest BCUT2D eigenvalue weighted by atomic mass is 10.1. The maximum atomic E-state index is 13.1. The van der Waals surface area contributed by atoms with Gasteiger partial charge in [0.2, 0.25) is 5.95 Å². The van der Waals surface area contributed by atoms with Crippen molar-refractivity contribution in [3.8, 4) is 11.5 Å². The van der Waals surface area contributed by atoms with Gasteiger partial charge in [-0.05, 0) is 19.1 Å². The first-order valence-corrected chi connectivity index (χ1v) is 7.53. The van der Waals surface area contributed by atoms with Gasteiger partial charge >= 0.3 is 6.29 Å². The Labute approximate surface area is 144 Å². The van der Waals surface area contributed by atoms with Crippen LogP contribution in [0, 0.1) is 0 Å². The monoisotopic (exact) mass is 359 g/mol. The van der Waals surface area contributed by atoms with E-state index in [1.165, 1.54) is 25.1 Å². The minimum atomic E-state index is -3.71. The predicted octanol–water partition coefficient (Wildman–Crippen LogP) is 3.34. The van der Waals surface area contributed by atoms with Gasteiger partial charge in [-0.2, -0.15) is 0 Å². The number of H-pyrrole nitrogens is 1. The Kier molecular flexibility index (Phi) is 3.39. The molecule has 0 aliphatic carbocycles. The molecular weight excluding hydrogens is 348 g/mol. The molecule has 132 valence electrons. The molecule has 0 atom stereocenters. The number of ether oxygens (including phenoxy) is 2. The van der Waals surface area contributed by atoms with Crippen molar-refractivity contribution in [3.05, 3.63) is 47.5 Å². The van der Waals surface area contributed by atoms with Gasteiger partial charge in [0, 0.05) is 23.3 Å². The van der Waals surface area contributed by atoms with E-state index in [2.05, 4.69) is 24.8 Å². The second-order valence-electron chi connectivity index (χ2n) is 5.66. The molecule has 2 aromatic carbocycles. The molecule has 0 radical (unpaired) electrons. The summed E-state index contributed by atoms with van der Waals surface area (Å²) in [7, 11) is 0. The number of nitrogens with one attached hydrogen (secondary N) is 2. The summed E-state index contributed by atoms with van der Waals surface area (Å²) in [6, 6.07) is 8.83. The van der Waals surface area contributed by atoms with Crippen LogP contribution < -0.4 is 14.8 Å². The predicted molar refractivity (Wildman–Crippen MR) is 86.7 cm³/mol. The van der Waals surface area contributed by atoms with Gasteiger partial charge in [0.25, 0.3) is 5.91 Å². The van der Waals surface area contributed by atoms with E-state index in [-0.39, 0.29) is 28.8 Å². The molecule has 3 aromatic rings. The Morgan fingerprint density at radius 3 is 2.54 bits per heavy atom. The van der Waals surface area contributed by atoms with Crippen LogP contribution in [0.2, 0.25) is 0 Å². The second-order valence-corrected chi connectivity index (χ2v) is 5.66. The van der Waals surface area contributed by atoms with E-state index >= 15 is 0 Å². The smallest absolute Gasteiger partial charge is 0.395 e. The summed E-state index contributed by atoms with van der Waals surface area (Å²) in [5.74, 6) is -0.777. The highest BCUT2D eigenvalue weighted by atomic mass is 19.3. The van der Waals surface area contributed by atoms with Crippen molar-refractivity contribution in [2.75, 3.05) is 5.32 Å². The molecule has 0 spiro atoms. The van der Waals surface area contributed by atoms with Crippen molar-refractivity contribution < 1.29 is 27.8 Å². The highest BCUT2D eigenvalue weighted by Crippen LogP contribution is 2.42. The Morgan fingerprint density at radius 1 is 1.12 bits per heavy atom. The molecule has 1 aliphatic rings. The average Bonchev–Trinajstić information content (AvgIpc) is 3.09. The van der Waals surface area contributed by atoms with Crippen molar-refractivity contribution in [2.45, 2.75) is 13.2 Å². The number of alkyl halides is 2. The number of aromatic amines is 1. The minimum Gasteiger partial charge on any atom is -0.395 e. The number of carbonyl (C=O) groups is 2. The first-order valence-electron chi connectivity index (χ1n) is 7.53. The largest absolute Gasteiger partial charge is 0.586 e. The third-order valence-corrected chi connectivity index (χ3v) is 3.77. The number of hydrogen-bond acceptors (Lipinski definition) is 5. The van der Waals surface area contributed by atoms with Crippen LogP contribution in [0.1, 0.15) is 27.6 Å². The quantitative estimate of drug-likeness (QED) is 0.700. The number of ketones is 1. The molecule has 2 N–H and O–H groups in total. The summed E-state index contributed by atoms with van der Waals surface area (Å²) in [5.41, 5.74) is 1.40. The van der Waals surface area contributed by atoms with Crippen LogP contribution in [-0.4, -0.2) is 28.0 Å². The number of halogens is 2. The van der Waals surface area contributed by atoms with Crippen LogP contribution >= 0.6 is 0 Å². The van der Waals surface area contributed by atoms with E-state index in [9.17, 15) is 18.4 Å². The molecule has 9 heteroatoms. The number of carbonyl (C=O) groups excluding carboxylic acids is 2. The van der Waals surface area contributed by atoms with Crippen molar-refractivity contribution >= 4 is 28.7 Å². The van der Waals surface area contributed by atoms with Crippen LogP contribution in [0.25, 0.3) is 11.0 Å². The Bertz CT molecular complexity index is 1020. The van der Waals surface area contributed by atoms with Gasteiger partial charge in [-0.25, -0.2) is 4.98 Å². The number of nitrogens with zero attached hydrogens (tertiary/aromatic N) is 1. The third kappa shape index (κ3) is 2.83. The zero-order chi connectivity index (χ0) is 18.5. The highest BCUT2D eigenvalue weighted by molar-refractivity contribution is 6.06. The first kappa shape index (κ1) is 16.0. The highest BCUT2D eigenvalue weighted by Gasteiger charge is 2.43. The standard InChI is InChI=1S/C17H11F2N3O4/c1-8(23)9-3-2-4-10(5-9)15(24)22-16-20-11-6-13-14(7-12(11)21-16)26-17(18,19)25-13/h2-7H,1H3,(H2,20,21,22,24). The lowest BCUT2D eigenvalue weighted by molar-refractivity contribution is -0.286. The van der Waals surface area contributed by atoms with Crippen LogP contribution in [0.3, 0.4) is 0 Å². The molecule has 26 heavy (non-hydrogen) atoms. The van der Waals surface area contributed by atoms with Gasteiger partial charge in [0.15, 0.2) is 17.3 Å². The van der Waals surface area contributed by atoms with E-state index in [1.807, 2.05) is 0 Å². The Hall–Kier alpha value is -3.49. The number of fused-ring (bicyclic) bond motifs is 2. The Balaban J connectivity index is 1.59. The summed E-state index contributed by atoms with van der Waals surface area (Å²) < 4.78 is 34.9. The number of hydrogen-bond donors (Lipinski definition) is 2. The fraction of sp³-hybridized carbons (Fsp3) is 0.118. The first-order chi connectivity index (χ1) is 12.3. The summed E-state index contributed by atoms with van der Waals surface area (Å²) in [6.45, 7) is 1.41. The molecule has 0 bridgehead atoms. The fourth-order valence-electron chi connectivity index (χ4n) is 2.57. The van der Waals surface area contributed by atoms with Gasteiger partial charge < -0.3 is 14.5 Å². The molecule has 1 aromatic heterocycles. The molecule has 0 saturated carbocycles. The summed E-state index contributed by atoms with van der Waals surface area (Å²) >= 11 is 0. The molecule has 2 heterocycles. The zero-order valence-corrected chi connectivity index (χ0v) is 13.3. The number of aromatic nitrogens is 2. The average molecular weight is 359 g/mol. The van der Waals surface area contributed by atoms with Gasteiger partial charge in [-0.15, -0.1) is 8.78 Å². The zero-order valence-electron chi connectivity index (χ0n) is 13.3. The maximum Gasteiger partial charge on any atom is 0.586 e. The van der Waals surface area contributed by atoms with E-state index in [4.69, 9.17) is 0 Å². The number of Topliss-reactive ketones (excluding diaryl/α,β-unsaturated/α-hetero) is 1.